The van der Waals surface area contributed by atoms with Gasteiger partial charge in [-0.2, -0.15) is 0 Å². The van der Waals surface area contributed by atoms with E-state index in [0.29, 0.717) is 19.6 Å². The number of carbonyl (C=O) groups is 1. The van der Waals surface area contributed by atoms with Crippen molar-refractivity contribution in [2.75, 3.05) is 19.8 Å². The molecule has 0 bridgehead atoms. The fourth-order valence-electron chi connectivity index (χ4n) is 2.27. The van der Waals surface area contributed by atoms with Crippen LogP contribution >= 0.6 is 0 Å². The normalized spacial score (nSPS) is 17.6. The van der Waals surface area contributed by atoms with Crippen molar-refractivity contribution in [3.8, 4) is 0 Å². The number of hydrogen-bond donors (Lipinski definition) is 1. The molecule has 1 aliphatic rings. The molecule has 1 N–H and O–H groups in total. The Kier molecular flexibility index (Phi) is 6.02. The van der Waals surface area contributed by atoms with Crippen LogP contribution in [0.15, 0.2) is 24.3 Å². The largest absolute Gasteiger partial charge is 0.462 e. The summed E-state index contributed by atoms with van der Waals surface area (Å²) in [4.78, 5) is 12.0. The lowest BCUT2D eigenvalue weighted by Gasteiger charge is -2.24. The zero-order valence-corrected chi connectivity index (χ0v) is 12.1. The molecule has 1 aromatic carbocycles. The van der Waals surface area contributed by atoms with Crippen LogP contribution in [-0.2, 0) is 27.2 Å². The molecule has 1 atom stereocenters. The van der Waals surface area contributed by atoms with Crippen LogP contribution in [0.4, 0.5) is 0 Å². The van der Waals surface area contributed by atoms with Crippen molar-refractivity contribution in [2.24, 2.45) is 0 Å². The SMILES string of the molecule is CCCCOCCOC(=O)[C@H]1Cc2ccccc2CN1. The lowest BCUT2D eigenvalue weighted by atomic mass is 9.96. The van der Waals surface area contributed by atoms with Crippen LogP contribution in [0.2, 0.25) is 0 Å². The predicted octanol–water partition coefficient (Wildman–Crippen LogP) is 2.06. The van der Waals surface area contributed by atoms with E-state index in [9.17, 15) is 4.79 Å². The van der Waals surface area contributed by atoms with Gasteiger partial charge in [0.1, 0.15) is 12.6 Å². The van der Waals surface area contributed by atoms with Gasteiger partial charge in [-0.3, -0.25) is 4.79 Å². The summed E-state index contributed by atoms with van der Waals surface area (Å²) in [5.74, 6) is -0.182. The van der Waals surface area contributed by atoms with Crippen LogP contribution in [0.3, 0.4) is 0 Å². The minimum atomic E-state index is -0.236. The molecule has 20 heavy (non-hydrogen) atoms. The van der Waals surface area contributed by atoms with Gasteiger partial charge in [-0.05, 0) is 24.0 Å². The van der Waals surface area contributed by atoms with Gasteiger partial charge < -0.3 is 14.8 Å². The van der Waals surface area contributed by atoms with Gasteiger partial charge in [0.25, 0.3) is 0 Å². The summed E-state index contributed by atoms with van der Waals surface area (Å²) in [6, 6.07) is 7.96. The van der Waals surface area contributed by atoms with Gasteiger partial charge in [0.2, 0.25) is 0 Å². The fraction of sp³-hybridized carbons (Fsp3) is 0.562. The molecular formula is C16H23NO3. The quantitative estimate of drug-likeness (QED) is 0.612. The first-order valence-corrected chi connectivity index (χ1v) is 7.35. The van der Waals surface area contributed by atoms with Crippen LogP contribution in [0.1, 0.15) is 30.9 Å². The molecule has 0 fully saturated rings. The average Bonchev–Trinajstić information content (AvgIpc) is 2.50. The number of carbonyl (C=O) groups excluding carboxylic acids is 1. The summed E-state index contributed by atoms with van der Waals surface area (Å²) in [5, 5.41) is 3.22. The molecule has 0 aliphatic carbocycles. The van der Waals surface area contributed by atoms with Gasteiger partial charge in [-0.15, -0.1) is 0 Å². The molecule has 0 aromatic heterocycles. The second-order valence-electron chi connectivity index (χ2n) is 5.04. The molecule has 0 spiro atoms. The molecule has 110 valence electrons. The lowest BCUT2D eigenvalue weighted by molar-refractivity contribution is -0.148. The molecule has 0 saturated carbocycles. The van der Waals surface area contributed by atoms with E-state index in [0.717, 1.165) is 26.0 Å². The number of benzene rings is 1. The smallest absolute Gasteiger partial charge is 0.323 e. The second-order valence-corrected chi connectivity index (χ2v) is 5.04. The van der Waals surface area contributed by atoms with E-state index >= 15 is 0 Å². The van der Waals surface area contributed by atoms with E-state index in [1.165, 1.54) is 11.1 Å². The Morgan fingerprint density at radius 2 is 2.05 bits per heavy atom. The first-order chi connectivity index (χ1) is 9.81. The number of fused-ring (bicyclic) bond motifs is 1. The minimum Gasteiger partial charge on any atom is -0.462 e. The molecule has 2 rings (SSSR count). The molecule has 0 saturated heterocycles. The van der Waals surface area contributed by atoms with Crippen molar-refractivity contribution in [3.63, 3.8) is 0 Å². The molecule has 0 unspecified atom stereocenters. The van der Waals surface area contributed by atoms with E-state index in [4.69, 9.17) is 9.47 Å². The number of unbranched alkanes of at least 4 members (excludes halogenated alkanes) is 1. The zero-order valence-electron chi connectivity index (χ0n) is 12.1. The number of esters is 1. The minimum absolute atomic E-state index is 0.182. The molecule has 0 amide bonds. The Morgan fingerprint density at radius 3 is 2.85 bits per heavy atom. The third kappa shape index (κ3) is 4.32. The number of hydrogen-bond acceptors (Lipinski definition) is 4. The van der Waals surface area contributed by atoms with Crippen LogP contribution in [0.5, 0.6) is 0 Å². The first kappa shape index (κ1) is 15.0. The van der Waals surface area contributed by atoms with Gasteiger partial charge in [0.15, 0.2) is 0 Å². The van der Waals surface area contributed by atoms with Gasteiger partial charge >= 0.3 is 5.97 Å². The van der Waals surface area contributed by atoms with Crippen molar-refractivity contribution < 1.29 is 14.3 Å². The van der Waals surface area contributed by atoms with Crippen molar-refractivity contribution in [2.45, 2.75) is 38.8 Å². The molecular weight excluding hydrogens is 254 g/mol. The Bertz CT molecular complexity index is 433. The van der Waals surface area contributed by atoms with Crippen molar-refractivity contribution in [1.29, 1.82) is 0 Å². The van der Waals surface area contributed by atoms with E-state index in [-0.39, 0.29) is 12.0 Å². The standard InChI is InChI=1S/C16H23NO3/c1-2-3-8-19-9-10-20-16(18)15-11-13-6-4-5-7-14(13)12-17-15/h4-7,15,17H,2-3,8-12H2,1H3/t15-/m1/s1. The summed E-state index contributed by atoms with van der Waals surface area (Å²) < 4.78 is 10.6. The van der Waals surface area contributed by atoms with Crippen LogP contribution in [0.25, 0.3) is 0 Å². The van der Waals surface area contributed by atoms with Gasteiger partial charge in [-0.1, -0.05) is 37.6 Å². The second kappa shape index (κ2) is 8.02. The van der Waals surface area contributed by atoms with Crippen molar-refractivity contribution in [3.05, 3.63) is 35.4 Å². The topological polar surface area (TPSA) is 47.6 Å². The van der Waals surface area contributed by atoms with Crippen molar-refractivity contribution >= 4 is 5.97 Å². The number of rotatable bonds is 7. The highest BCUT2D eigenvalue weighted by Crippen LogP contribution is 2.16. The Labute approximate surface area is 120 Å². The summed E-state index contributed by atoms with van der Waals surface area (Å²) in [5.41, 5.74) is 2.49. The van der Waals surface area contributed by atoms with Gasteiger partial charge in [0, 0.05) is 13.2 Å². The average molecular weight is 277 g/mol. The molecule has 0 radical (unpaired) electrons. The lowest BCUT2D eigenvalue weighted by Crippen LogP contribution is -2.43. The Hall–Kier alpha value is -1.39. The van der Waals surface area contributed by atoms with Gasteiger partial charge in [0.05, 0.1) is 6.61 Å². The number of nitrogens with one attached hydrogen (secondary N) is 1. The monoisotopic (exact) mass is 277 g/mol. The fourth-order valence-corrected chi connectivity index (χ4v) is 2.27. The van der Waals surface area contributed by atoms with Crippen LogP contribution in [-0.4, -0.2) is 31.8 Å². The van der Waals surface area contributed by atoms with Crippen LogP contribution in [0, 0.1) is 0 Å². The maximum Gasteiger partial charge on any atom is 0.323 e. The summed E-state index contributed by atoms with van der Waals surface area (Å²) >= 11 is 0. The van der Waals surface area contributed by atoms with E-state index < -0.39 is 0 Å². The van der Waals surface area contributed by atoms with Crippen molar-refractivity contribution in [1.82, 2.24) is 5.32 Å². The number of ether oxygens (including phenoxy) is 2. The molecule has 1 heterocycles. The highest BCUT2D eigenvalue weighted by Gasteiger charge is 2.24. The summed E-state index contributed by atoms with van der Waals surface area (Å²) in [6.45, 7) is 4.40. The molecule has 4 heteroatoms. The summed E-state index contributed by atoms with van der Waals surface area (Å²) in [6.07, 6.45) is 2.87. The third-order valence-electron chi connectivity index (χ3n) is 3.48. The first-order valence-electron chi connectivity index (χ1n) is 7.35. The maximum absolute atomic E-state index is 12.0. The Morgan fingerprint density at radius 1 is 1.25 bits per heavy atom. The predicted molar refractivity (Wildman–Crippen MR) is 77.5 cm³/mol. The molecule has 4 nitrogen and oxygen atoms in total. The molecule has 1 aromatic rings. The third-order valence-corrected chi connectivity index (χ3v) is 3.48. The summed E-state index contributed by atoms with van der Waals surface area (Å²) in [7, 11) is 0. The van der Waals surface area contributed by atoms with E-state index in [1.807, 2.05) is 12.1 Å². The van der Waals surface area contributed by atoms with Gasteiger partial charge in [-0.25, -0.2) is 0 Å². The Balaban J connectivity index is 1.69. The molecule has 1 aliphatic heterocycles. The maximum atomic E-state index is 12.0. The zero-order chi connectivity index (χ0) is 14.2. The highest BCUT2D eigenvalue weighted by molar-refractivity contribution is 5.76. The van der Waals surface area contributed by atoms with E-state index in [2.05, 4.69) is 24.4 Å². The highest BCUT2D eigenvalue weighted by atomic mass is 16.6. The van der Waals surface area contributed by atoms with E-state index in [1.54, 1.807) is 0 Å². The van der Waals surface area contributed by atoms with Crippen LogP contribution < -0.4 is 5.32 Å².